The second-order valence-corrected chi connectivity index (χ2v) is 4.58. The Labute approximate surface area is 96.6 Å². The molecule has 0 aliphatic heterocycles. The van der Waals surface area contributed by atoms with Gasteiger partial charge >= 0.3 is 6.18 Å². The summed E-state index contributed by atoms with van der Waals surface area (Å²) in [5, 5.41) is 0.591. The highest BCUT2D eigenvalue weighted by molar-refractivity contribution is 7.89. The largest absolute Gasteiger partial charge is 0.413 e. The molecular weight excluding hydrogens is 257 g/mol. The molecule has 17 heavy (non-hydrogen) atoms. The van der Waals surface area contributed by atoms with Crippen LogP contribution in [0.1, 0.15) is 5.56 Å². The van der Waals surface area contributed by atoms with Crippen LogP contribution in [0.5, 0.6) is 0 Å². The van der Waals surface area contributed by atoms with Crippen molar-refractivity contribution in [2.45, 2.75) is 6.18 Å². The first-order valence-electron chi connectivity index (χ1n) is 4.48. The van der Waals surface area contributed by atoms with E-state index in [1.807, 2.05) is 0 Å². The molecule has 0 amide bonds. The Kier molecular flexibility index (Phi) is 4.30. The Morgan fingerprint density at radius 2 is 1.76 bits per heavy atom. The minimum absolute atomic E-state index is 0.548. The lowest BCUT2D eigenvalue weighted by Gasteiger charge is -2.05. The lowest BCUT2D eigenvalue weighted by atomic mass is 10.2. The zero-order valence-corrected chi connectivity index (χ0v) is 9.33. The molecule has 3 nitrogen and oxygen atoms in total. The average molecular weight is 266 g/mol. The second-order valence-electron chi connectivity index (χ2n) is 3.08. The van der Waals surface area contributed by atoms with Gasteiger partial charge in [0.25, 0.3) is 10.1 Å². The van der Waals surface area contributed by atoms with E-state index in [1.54, 1.807) is 30.3 Å². The van der Waals surface area contributed by atoms with Crippen molar-refractivity contribution in [2.24, 2.45) is 0 Å². The molecule has 0 aromatic heterocycles. The summed E-state index contributed by atoms with van der Waals surface area (Å²) in [5.74, 6) is 0. The van der Waals surface area contributed by atoms with Crippen molar-refractivity contribution in [2.75, 3.05) is 6.61 Å². The van der Waals surface area contributed by atoms with Gasteiger partial charge in [-0.1, -0.05) is 30.3 Å². The van der Waals surface area contributed by atoms with Crippen molar-refractivity contribution in [3.05, 3.63) is 41.3 Å². The summed E-state index contributed by atoms with van der Waals surface area (Å²) < 4.78 is 61.1. The lowest BCUT2D eigenvalue weighted by Crippen LogP contribution is -2.19. The van der Waals surface area contributed by atoms with Crippen LogP contribution in [0.3, 0.4) is 0 Å². The van der Waals surface area contributed by atoms with Crippen LogP contribution in [0.2, 0.25) is 0 Å². The van der Waals surface area contributed by atoms with Gasteiger partial charge < -0.3 is 0 Å². The number of alkyl halides is 3. The van der Waals surface area contributed by atoms with E-state index in [-0.39, 0.29) is 0 Å². The second kappa shape index (κ2) is 5.33. The number of rotatable bonds is 4. The fourth-order valence-corrected chi connectivity index (χ4v) is 1.61. The molecule has 0 aliphatic rings. The van der Waals surface area contributed by atoms with E-state index in [1.165, 1.54) is 0 Å². The first kappa shape index (κ1) is 13.7. The molecule has 1 aromatic carbocycles. The van der Waals surface area contributed by atoms with E-state index in [0.717, 1.165) is 6.08 Å². The van der Waals surface area contributed by atoms with Crippen LogP contribution in [0.15, 0.2) is 35.7 Å². The Balaban J connectivity index is 2.65. The van der Waals surface area contributed by atoms with Gasteiger partial charge in [0.15, 0.2) is 6.61 Å². The third kappa shape index (κ3) is 6.08. The minimum atomic E-state index is -4.67. The van der Waals surface area contributed by atoms with Crippen LogP contribution in [0.25, 0.3) is 6.08 Å². The van der Waals surface area contributed by atoms with Crippen LogP contribution in [-0.4, -0.2) is 21.2 Å². The highest BCUT2D eigenvalue weighted by atomic mass is 32.2. The smallest absolute Gasteiger partial charge is 0.257 e. The van der Waals surface area contributed by atoms with E-state index in [0.29, 0.717) is 11.0 Å². The van der Waals surface area contributed by atoms with Crippen LogP contribution < -0.4 is 0 Å². The van der Waals surface area contributed by atoms with Gasteiger partial charge in [0.05, 0.1) is 5.41 Å². The maximum Gasteiger partial charge on any atom is 0.413 e. The lowest BCUT2D eigenvalue weighted by molar-refractivity contribution is -0.152. The highest BCUT2D eigenvalue weighted by Gasteiger charge is 2.30. The highest BCUT2D eigenvalue weighted by Crippen LogP contribution is 2.16. The molecule has 0 spiro atoms. The average Bonchev–Trinajstić information content (AvgIpc) is 2.25. The van der Waals surface area contributed by atoms with E-state index < -0.39 is 22.9 Å². The van der Waals surface area contributed by atoms with Gasteiger partial charge in [-0.3, -0.25) is 4.18 Å². The van der Waals surface area contributed by atoms with Gasteiger partial charge in [-0.25, -0.2) is 0 Å². The van der Waals surface area contributed by atoms with Gasteiger partial charge in [0, 0.05) is 0 Å². The van der Waals surface area contributed by atoms with Crippen molar-refractivity contribution >= 4 is 16.2 Å². The summed E-state index contributed by atoms with van der Waals surface area (Å²) >= 11 is 0. The molecule has 7 heteroatoms. The molecule has 0 unspecified atom stereocenters. The van der Waals surface area contributed by atoms with Gasteiger partial charge in [0.1, 0.15) is 0 Å². The number of benzene rings is 1. The molecule has 94 valence electrons. The number of hydrogen-bond donors (Lipinski definition) is 0. The Morgan fingerprint density at radius 1 is 1.18 bits per heavy atom. The molecular formula is C10H9F3O3S. The third-order valence-electron chi connectivity index (χ3n) is 1.61. The first-order chi connectivity index (χ1) is 7.79. The Hall–Kier alpha value is -1.34. The monoisotopic (exact) mass is 266 g/mol. The quantitative estimate of drug-likeness (QED) is 0.787. The first-order valence-corrected chi connectivity index (χ1v) is 5.95. The minimum Gasteiger partial charge on any atom is -0.257 e. The van der Waals surface area contributed by atoms with Gasteiger partial charge in [-0.2, -0.15) is 21.6 Å². The van der Waals surface area contributed by atoms with E-state index in [9.17, 15) is 21.6 Å². The molecule has 0 fully saturated rings. The number of hydrogen-bond acceptors (Lipinski definition) is 3. The summed E-state index contributed by atoms with van der Waals surface area (Å²) in [4.78, 5) is 0. The summed E-state index contributed by atoms with van der Waals surface area (Å²) in [5.41, 5.74) is 0.548. The van der Waals surface area contributed by atoms with Crippen LogP contribution in [-0.2, 0) is 14.3 Å². The van der Waals surface area contributed by atoms with Crippen LogP contribution in [0.4, 0.5) is 13.2 Å². The van der Waals surface area contributed by atoms with Gasteiger partial charge in [-0.15, -0.1) is 0 Å². The predicted octanol–water partition coefficient (Wildman–Crippen LogP) is 2.57. The van der Waals surface area contributed by atoms with Crippen molar-refractivity contribution < 1.29 is 25.8 Å². The van der Waals surface area contributed by atoms with Gasteiger partial charge in [-0.05, 0) is 11.6 Å². The fourth-order valence-electron chi connectivity index (χ4n) is 0.914. The SMILES string of the molecule is O=S(=O)(C=Cc1ccccc1)OCC(F)(F)F. The zero-order chi connectivity index (χ0) is 12.9. The third-order valence-corrected chi connectivity index (χ3v) is 2.53. The standard InChI is InChI=1S/C10H9F3O3S/c11-10(12,13)8-16-17(14,15)7-6-9-4-2-1-3-5-9/h1-7H,8H2. The summed E-state index contributed by atoms with van der Waals surface area (Å²) in [6.07, 6.45) is -3.51. The Bertz CT molecular complexity index is 477. The molecule has 0 radical (unpaired) electrons. The fraction of sp³-hybridized carbons (Fsp3) is 0.200. The Morgan fingerprint density at radius 3 is 2.29 bits per heavy atom. The van der Waals surface area contributed by atoms with Crippen LogP contribution >= 0.6 is 0 Å². The summed E-state index contributed by atoms with van der Waals surface area (Å²) in [7, 11) is -4.31. The molecule has 0 heterocycles. The topological polar surface area (TPSA) is 43.4 Å². The molecule has 0 saturated carbocycles. The molecule has 1 rings (SSSR count). The van der Waals surface area contributed by atoms with Crippen molar-refractivity contribution in [3.63, 3.8) is 0 Å². The normalized spacial score (nSPS) is 13.1. The van der Waals surface area contributed by atoms with E-state index in [2.05, 4.69) is 4.18 Å². The predicted molar refractivity (Wildman–Crippen MR) is 56.4 cm³/mol. The zero-order valence-electron chi connectivity index (χ0n) is 8.52. The molecule has 0 bridgehead atoms. The number of halogens is 3. The molecule has 0 N–H and O–H groups in total. The van der Waals surface area contributed by atoms with E-state index >= 15 is 0 Å². The van der Waals surface area contributed by atoms with E-state index in [4.69, 9.17) is 0 Å². The molecule has 0 atom stereocenters. The van der Waals surface area contributed by atoms with Gasteiger partial charge in [0.2, 0.25) is 0 Å². The molecule has 1 aromatic rings. The maximum atomic E-state index is 11.7. The molecule has 0 saturated heterocycles. The molecule has 0 aliphatic carbocycles. The van der Waals surface area contributed by atoms with Crippen molar-refractivity contribution in [1.82, 2.24) is 0 Å². The van der Waals surface area contributed by atoms with Crippen LogP contribution in [0, 0.1) is 0 Å². The van der Waals surface area contributed by atoms with Crippen molar-refractivity contribution in [3.8, 4) is 0 Å². The summed E-state index contributed by atoms with van der Waals surface area (Å²) in [6.45, 7) is -1.82. The summed E-state index contributed by atoms with van der Waals surface area (Å²) in [6, 6.07) is 8.28. The maximum absolute atomic E-state index is 11.7. The van der Waals surface area contributed by atoms with Crippen molar-refractivity contribution in [1.29, 1.82) is 0 Å².